The van der Waals surface area contributed by atoms with Gasteiger partial charge in [-0.1, -0.05) is 64.6 Å². The van der Waals surface area contributed by atoms with E-state index in [2.05, 4.69) is 21.2 Å². The van der Waals surface area contributed by atoms with E-state index in [-0.39, 0.29) is 48.5 Å². The molecule has 0 radical (unpaired) electrons. The lowest BCUT2D eigenvalue weighted by Crippen LogP contribution is -2.48. The van der Waals surface area contributed by atoms with Crippen molar-refractivity contribution in [2.75, 3.05) is 23.7 Å². The molecule has 0 aliphatic heterocycles. The number of carbonyl (C=O) groups is 2. The van der Waals surface area contributed by atoms with Crippen LogP contribution in [0.15, 0.2) is 46.9 Å². The Morgan fingerprint density at radius 1 is 1.11 bits per heavy atom. The number of unbranched alkanes of at least 4 members (excludes halogenated alkanes) is 1. The summed E-state index contributed by atoms with van der Waals surface area (Å²) in [6, 6.07) is 11.4. The van der Waals surface area contributed by atoms with Gasteiger partial charge in [0.2, 0.25) is 21.8 Å². The summed E-state index contributed by atoms with van der Waals surface area (Å²) in [5.74, 6) is -0.478. The van der Waals surface area contributed by atoms with Gasteiger partial charge in [-0.2, -0.15) is 0 Å². The molecule has 0 heterocycles. The highest BCUT2D eigenvalue weighted by atomic mass is 79.9. The van der Waals surface area contributed by atoms with E-state index in [0.717, 1.165) is 33.4 Å². The molecule has 0 saturated carbocycles. The van der Waals surface area contributed by atoms with Gasteiger partial charge < -0.3 is 10.2 Å². The van der Waals surface area contributed by atoms with Crippen molar-refractivity contribution >= 4 is 66.7 Å². The first-order valence-electron chi connectivity index (χ1n) is 11.7. The van der Waals surface area contributed by atoms with Crippen molar-refractivity contribution in [2.24, 2.45) is 0 Å². The summed E-state index contributed by atoms with van der Waals surface area (Å²) in [7, 11) is -3.68. The molecule has 0 aromatic heterocycles. The molecule has 0 fully saturated rings. The number of amides is 2. The fourth-order valence-corrected chi connectivity index (χ4v) is 5.46. The monoisotopic (exact) mass is 619 g/mol. The van der Waals surface area contributed by atoms with Crippen LogP contribution in [-0.4, -0.2) is 50.5 Å². The SMILES string of the molecule is CCCCNC(=O)C(C)N(Cc1cccc(Br)c1)C(=O)CCCN(c1cc(Cl)ccc1Cl)S(C)(=O)=O. The van der Waals surface area contributed by atoms with E-state index in [1.807, 2.05) is 31.2 Å². The summed E-state index contributed by atoms with van der Waals surface area (Å²) in [5.41, 5.74) is 1.13. The number of hydrogen-bond acceptors (Lipinski definition) is 4. The number of sulfonamides is 1. The normalized spacial score (nSPS) is 12.2. The van der Waals surface area contributed by atoms with E-state index in [4.69, 9.17) is 23.2 Å². The molecule has 2 aromatic carbocycles. The number of hydrogen-bond donors (Lipinski definition) is 1. The number of benzene rings is 2. The molecule has 36 heavy (non-hydrogen) atoms. The van der Waals surface area contributed by atoms with Crippen LogP contribution in [0.3, 0.4) is 0 Å². The fraction of sp³-hybridized carbons (Fsp3) is 0.440. The van der Waals surface area contributed by atoms with E-state index >= 15 is 0 Å². The number of halogens is 3. The zero-order chi connectivity index (χ0) is 26.9. The van der Waals surface area contributed by atoms with Gasteiger partial charge in [0, 0.05) is 35.6 Å². The van der Waals surface area contributed by atoms with Crippen molar-refractivity contribution < 1.29 is 18.0 Å². The van der Waals surface area contributed by atoms with Gasteiger partial charge in [0.25, 0.3) is 0 Å². The zero-order valence-electron chi connectivity index (χ0n) is 20.6. The number of carbonyl (C=O) groups excluding carboxylic acids is 2. The van der Waals surface area contributed by atoms with Gasteiger partial charge in [-0.25, -0.2) is 8.42 Å². The Hall–Kier alpha value is -1.81. The van der Waals surface area contributed by atoms with Crippen molar-refractivity contribution in [2.45, 2.75) is 52.1 Å². The van der Waals surface area contributed by atoms with E-state index in [1.54, 1.807) is 13.0 Å². The van der Waals surface area contributed by atoms with Crippen LogP contribution >= 0.6 is 39.1 Å². The standard InChI is InChI=1S/C25H32BrCl2N3O4S/c1-4-5-13-29-25(33)18(2)30(17-19-8-6-9-20(26)15-19)24(32)10-7-14-31(36(3,34)35)23-16-21(27)11-12-22(23)28/h6,8-9,11-12,15-16,18H,4-5,7,10,13-14,17H2,1-3H3,(H,29,33). The topological polar surface area (TPSA) is 86.8 Å². The first kappa shape index (κ1) is 30.4. The second kappa shape index (κ2) is 14.2. The maximum Gasteiger partial charge on any atom is 0.242 e. The maximum absolute atomic E-state index is 13.3. The molecular weight excluding hydrogens is 589 g/mol. The summed E-state index contributed by atoms with van der Waals surface area (Å²) in [4.78, 5) is 27.6. The molecule has 2 rings (SSSR count). The minimum Gasteiger partial charge on any atom is -0.354 e. The lowest BCUT2D eigenvalue weighted by atomic mass is 10.1. The number of nitrogens with one attached hydrogen (secondary N) is 1. The highest BCUT2D eigenvalue weighted by molar-refractivity contribution is 9.10. The molecule has 1 N–H and O–H groups in total. The van der Waals surface area contributed by atoms with Crippen LogP contribution in [0, 0.1) is 0 Å². The number of nitrogens with zero attached hydrogens (tertiary/aromatic N) is 2. The highest BCUT2D eigenvalue weighted by Gasteiger charge is 2.27. The minimum atomic E-state index is -3.68. The van der Waals surface area contributed by atoms with Crippen LogP contribution in [0.2, 0.25) is 10.0 Å². The Morgan fingerprint density at radius 3 is 2.47 bits per heavy atom. The van der Waals surface area contributed by atoms with Gasteiger partial charge in [-0.15, -0.1) is 0 Å². The number of anilines is 1. The van der Waals surface area contributed by atoms with Crippen LogP contribution in [0.25, 0.3) is 0 Å². The molecule has 0 aliphatic rings. The minimum absolute atomic E-state index is 0.0342. The Morgan fingerprint density at radius 2 is 1.83 bits per heavy atom. The van der Waals surface area contributed by atoms with Gasteiger partial charge in [-0.05, 0) is 55.7 Å². The average molecular weight is 621 g/mol. The molecule has 0 bridgehead atoms. The summed E-state index contributed by atoms with van der Waals surface area (Å²) in [5, 5.41) is 3.48. The van der Waals surface area contributed by atoms with E-state index < -0.39 is 16.1 Å². The summed E-state index contributed by atoms with van der Waals surface area (Å²) < 4.78 is 27.0. The van der Waals surface area contributed by atoms with E-state index in [9.17, 15) is 18.0 Å². The Kier molecular flexibility index (Phi) is 12.0. The van der Waals surface area contributed by atoms with Crippen LogP contribution in [-0.2, 0) is 26.2 Å². The predicted octanol–water partition coefficient (Wildman–Crippen LogP) is 5.64. The second-order valence-corrected chi connectivity index (χ2v) is 12.2. The zero-order valence-corrected chi connectivity index (χ0v) is 24.6. The average Bonchev–Trinajstić information content (AvgIpc) is 2.81. The van der Waals surface area contributed by atoms with Gasteiger partial charge >= 0.3 is 0 Å². The number of rotatable bonds is 13. The molecule has 2 amide bonds. The van der Waals surface area contributed by atoms with E-state index in [0.29, 0.717) is 11.6 Å². The molecule has 11 heteroatoms. The third-order valence-corrected chi connectivity index (χ3v) is 7.80. The van der Waals surface area contributed by atoms with Crippen molar-refractivity contribution in [3.63, 3.8) is 0 Å². The lowest BCUT2D eigenvalue weighted by Gasteiger charge is -2.29. The summed E-state index contributed by atoms with van der Waals surface area (Å²) in [6.07, 6.45) is 3.15. The van der Waals surface area contributed by atoms with Gasteiger partial charge in [0.15, 0.2) is 0 Å². The highest BCUT2D eigenvalue weighted by Crippen LogP contribution is 2.31. The molecule has 2 aromatic rings. The van der Waals surface area contributed by atoms with Gasteiger partial charge in [0.1, 0.15) is 6.04 Å². The maximum atomic E-state index is 13.3. The molecular formula is C25H32BrCl2N3O4S. The third-order valence-electron chi connectivity index (χ3n) is 5.57. The third kappa shape index (κ3) is 9.25. The first-order chi connectivity index (χ1) is 16.9. The van der Waals surface area contributed by atoms with Crippen molar-refractivity contribution in [1.82, 2.24) is 10.2 Å². The molecule has 0 saturated heterocycles. The smallest absolute Gasteiger partial charge is 0.242 e. The van der Waals surface area contributed by atoms with Crippen molar-refractivity contribution in [3.05, 3.63) is 62.5 Å². The van der Waals surface area contributed by atoms with Crippen molar-refractivity contribution in [3.8, 4) is 0 Å². The van der Waals surface area contributed by atoms with Crippen LogP contribution in [0.5, 0.6) is 0 Å². The Balaban J connectivity index is 2.18. The predicted molar refractivity (Wildman–Crippen MR) is 150 cm³/mol. The largest absolute Gasteiger partial charge is 0.354 e. The van der Waals surface area contributed by atoms with Crippen LogP contribution in [0.1, 0.15) is 45.1 Å². The van der Waals surface area contributed by atoms with Crippen LogP contribution in [0.4, 0.5) is 5.69 Å². The first-order valence-corrected chi connectivity index (χ1v) is 15.1. The molecule has 7 nitrogen and oxygen atoms in total. The summed E-state index contributed by atoms with van der Waals surface area (Å²) >= 11 is 15.7. The molecule has 198 valence electrons. The van der Waals surface area contributed by atoms with Crippen LogP contribution < -0.4 is 9.62 Å². The summed E-state index contributed by atoms with van der Waals surface area (Å²) in [6.45, 7) is 4.56. The van der Waals surface area contributed by atoms with Crippen molar-refractivity contribution in [1.29, 1.82) is 0 Å². The van der Waals surface area contributed by atoms with Gasteiger partial charge in [-0.3, -0.25) is 13.9 Å². The van der Waals surface area contributed by atoms with Gasteiger partial charge in [0.05, 0.1) is 17.0 Å². The fourth-order valence-electron chi connectivity index (χ4n) is 3.61. The molecule has 0 aliphatic carbocycles. The molecule has 1 atom stereocenters. The quantitative estimate of drug-likeness (QED) is 0.294. The molecule has 0 spiro atoms. The molecule has 1 unspecified atom stereocenters. The lowest BCUT2D eigenvalue weighted by molar-refractivity contribution is -0.140. The Bertz CT molecular complexity index is 1160. The second-order valence-electron chi connectivity index (χ2n) is 8.51. The Labute approximate surface area is 232 Å². The van der Waals surface area contributed by atoms with E-state index in [1.165, 1.54) is 17.0 Å².